The molecule has 5 nitrogen and oxygen atoms in total. The van der Waals surface area contributed by atoms with Gasteiger partial charge in [0.05, 0.1) is 17.9 Å². The Morgan fingerprint density at radius 1 is 1.30 bits per heavy atom. The molecule has 0 spiro atoms. The molecule has 2 N–H and O–H groups in total. The first kappa shape index (κ1) is 14.2. The van der Waals surface area contributed by atoms with Gasteiger partial charge in [0.2, 0.25) is 0 Å². The average Bonchev–Trinajstić information content (AvgIpc) is 2.42. The van der Waals surface area contributed by atoms with Crippen molar-refractivity contribution in [2.75, 3.05) is 6.61 Å². The molecule has 0 unspecified atom stereocenters. The standard InChI is InChI=1S/C14H15N3O2S/c15-13(20)9-11-1-3-12(4-2-11)19-8-7-17-10-16-6-5-14(17)18/h1-6,10H,7-9H2,(H2,15,20). The topological polar surface area (TPSA) is 70.1 Å². The fourth-order valence-corrected chi connectivity index (χ4v) is 1.88. The normalized spacial score (nSPS) is 10.2. The van der Waals surface area contributed by atoms with Gasteiger partial charge in [-0.25, -0.2) is 4.98 Å². The van der Waals surface area contributed by atoms with Crippen LogP contribution in [0.4, 0.5) is 0 Å². The zero-order valence-electron chi connectivity index (χ0n) is 10.9. The van der Waals surface area contributed by atoms with Gasteiger partial charge in [-0.05, 0) is 17.7 Å². The van der Waals surface area contributed by atoms with Gasteiger partial charge < -0.3 is 10.5 Å². The lowest BCUT2D eigenvalue weighted by Crippen LogP contribution is -2.22. The van der Waals surface area contributed by atoms with E-state index in [2.05, 4.69) is 4.98 Å². The van der Waals surface area contributed by atoms with Crippen molar-refractivity contribution in [3.8, 4) is 5.75 Å². The molecule has 0 saturated heterocycles. The predicted octanol–water partition coefficient (Wildman–Crippen LogP) is 1.15. The highest BCUT2D eigenvalue weighted by Crippen LogP contribution is 2.12. The van der Waals surface area contributed by atoms with E-state index in [1.54, 1.807) is 0 Å². The maximum Gasteiger partial charge on any atom is 0.253 e. The van der Waals surface area contributed by atoms with Crippen LogP contribution >= 0.6 is 12.2 Å². The van der Waals surface area contributed by atoms with E-state index in [0.717, 1.165) is 11.3 Å². The van der Waals surface area contributed by atoms with E-state index in [9.17, 15) is 4.79 Å². The van der Waals surface area contributed by atoms with E-state index in [1.165, 1.54) is 23.2 Å². The van der Waals surface area contributed by atoms with Crippen molar-refractivity contribution in [3.05, 3.63) is 58.8 Å². The molecule has 1 heterocycles. The minimum atomic E-state index is -0.0876. The lowest BCUT2D eigenvalue weighted by Gasteiger charge is -2.08. The maximum absolute atomic E-state index is 11.5. The Balaban J connectivity index is 1.87. The molecule has 6 heteroatoms. The molecule has 2 aromatic rings. The van der Waals surface area contributed by atoms with Crippen LogP contribution in [-0.2, 0) is 13.0 Å². The van der Waals surface area contributed by atoms with Gasteiger partial charge in [-0.2, -0.15) is 0 Å². The summed E-state index contributed by atoms with van der Waals surface area (Å²) >= 11 is 4.85. The summed E-state index contributed by atoms with van der Waals surface area (Å²) in [6.45, 7) is 0.863. The molecular formula is C14H15N3O2S. The summed E-state index contributed by atoms with van der Waals surface area (Å²) in [4.78, 5) is 15.8. The number of nitrogens with two attached hydrogens (primary N) is 1. The van der Waals surface area contributed by atoms with Crippen LogP contribution in [0.2, 0.25) is 0 Å². The minimum Gasteiger partial charge on any atom is -0.492 e. The van der Waals surface area contributed by atoms with E-state index in [-0.39, 0.29) is 5.56 Å². The molecule has 0 amide bonds. The fraction of sp³-hybridized carbons (Fsp3) is 0.214. The van der Waals surface area contributed by atoms with Crippen molar-refractivity contribution < 1.29 is 4.74 Å². The van der Waals surface area contributed by atoms with Gasteiger partial charge in [0, 0.05) is 18.7 Å². The molecule has 0 aliphatic carbocycles. The molecule has 2 rings (SSSR count). The largest absolute Gasteiger partial charge is 0.492 e. The second kappa shape index (κ2) is 6.81. The van der Waals surface area contributed by atoms with Crippen LogP contribution in [0.1, 0.15) is 5.56 Å². The number of hydrogen-bond acceptors (Lipinski definition) is 4. The monoisotopic (exact) mass is 289 g/mol. The zero-order chi connectivity index (χ0) is 14.4. The van der Waals surface area contributed by atoms with Crippen LogP contribution in [0.15, 0.2) is 47.7 Å². The van der Waals surface area contributed by atoms with Crippen LogP contribution in [-0.4, -0.2) is 21.1 Å². The van der Waals surface area contributed by atoms with E-state index < -0.39 is 0 Å². The number of nitrogens with zero attached hydrogens (tertiary/aromatic N) is 2. The van der Waals surface area contributed by atoms with Crippen molar-refractivity contribution in [1.82, 2.24) is 9.55 Å². The van der Waals surface area contributed by atoms with E-state index >= 15 is 0 Å². The summed E-state index contributed by atoms with van der Waals surface area (Å²) in [6, 6.07) is 8.99. The number of rotatable bonds is 6. The van der Waals surface area contributed by atoms with Gasteiger partial charge in [0.1, 0.15) is 12.4 Å². The highest BCUT2D eigenvalue weighted by atomic mass is 32.1. The summed E-state index contributed by atoms with van der Waals surface area (Å²) in [5.41, 5.74) is 6.45. The molecule has 0 aliphatic heterocycles. The molecule has 1 aromatic carbocycles. The van der Waals surface area contributed by atoms with E-state index in [1.807, 2.05) is 24.3 Å². The summed E-state index contributed by atoms with van der Waals surface area (Å²) < 4.78 is 7.07. The lowest BCUT2D eigenvalue weighted by atomic mass is 10.1. The van der Waals surface area contributed by atoms with Crippen LogP contribution in [0.3, 0.4) is 0 Å². The Bertz CT molecular complexity index is 637. The smallest absolute Gasteiger partial charge is 0.253 e. The third kappa shape index (κ3) is 4.17. The molecule has 0 saturated carbocycles. The van der Waals surface area contributed by atoms with Crippen LogP contribution < -0.4 is 16.0 Å². The van der Waals surface area contributed by atoms with Crippen molar-refractivity contribution in [2.45, 2.75) is 13.0 Å². The molecule has 104 valence electrons. The van der Waals surface area contributed by atoms with Gasteiger partial charge in [-0.15, -0.1) is 0 Å². The number of thiocarbonyl (C=S) groups is 1. The first-order valence-corrected chi connectivity index (χ1v) is 6.56. The minimum absolute atomic E-state index is 0.0876. The number of hydrogen-bond donors (Lipinski definition) is 1. The summed E-state index contributed by atoms with van der Waals surface area (Å²) in [6.07, 6.45) is 3.55. The highest BCUT2D eigenvalue weighted by Gasteiger charge is 1.99. The number of ether oxygens (including phenoxy) is 1. The van der Waals surface area contributed by atoms with Crippen LogP contribution in [0, 0.1) is 0 Å². The molecule has 1 aromatic heterocycles. The van der Waals surface area contributed by atoms with Gasteiger partial charge in [-0.1, -0.05) is 24.4 Å². The van der Waals surface area contributed by atoms with Crippen molar-refractivity contribution in [2.24, 2.45) is 5.73 Å². The van der Waals surface area contributed by atoms with Crippen LogP contribution in [0.5, 0.6) is 5.75 Å². The third-order valence-corrected chi connectivity index (χ3v) is 2.84. The second-order valence-electron chi connectivity index (χ2n) is 4.25. The Kier molecular flexibility index (Phi) is 4.84. The average molecular weight is 289 g/mol. The van der Waals surface area contributed by atoms with Crippen molar-refractivity contribution in [3.63, 3.8) is 0 Å². The molecular weight excluding hydrogens is 274 g/mol. The second-order valence-corrected chi connectivity index (χ2v) is 4.77. The van der Waals surface area contributed by atoms with Crippen LogP contribution in [0.25, 0.3) is 0 Å². The summed E-state index contributed by atoms with van der Waals surface area (Å²) in [5.74, 6) is 0.744. The van der Waals surface area contributed by atoms with Gasteiger partial charge in [0.25, 0.3) is 5.56 Å². The molecule has 0 aliphatic rings. The number of benzene rings is 1. The molecule has 20 heavy (non-hydrogen) atoms. The molecule has 0 bridgehead atoms. The van der Waals surface area contributed by atoms with E-state index in [0.29, 0.717) is 24.6 Å². The SMILES string of the molecule is NC(=S)Cc1ccc(OCCn2cnccc2=O)cc1. The Labute approximate surface area is 122 Å². The molecule has 0 radical (unpaired) electrons. The quantitative estimate of drug-likeness (QED) is 0.808. The molecule has 0 atom stereocenters. The predicted molar refractivity (Wildman–Crippen MR) is 80.9 cm³/mol. The Morgan fingerprint density at radius 2 is 2.05 bits per heavy atom. The maximum atomic E-state index is 11.5. The molecule has 0 fully saturated rings. The first-order chi connectivity index (χ1) is 9.65. The summed E-state index contributed by atoms with van der Waals surface area (Å²) in [5, 5.41) is 0. The Hall–Kier alpha value is -2.21. The highest BCUT2D eigenvalue weighted by molar-refractivity contribution is 7.80. The van der Waals surface area contributed by atoms with Gasteiger partial charge in [-0.3, -0.25) is 9.36 Å². The first-order valence-electron chi connectivity index (χ1n) is 6.15. The van der Waals surface area contributed by atoms with E-state index in [4.69, 9.17) is 22.7 Å². The fourth-order valence-electron chi connectivity index (χ4n) is 1.71. The third-order valence-electron chi connectivity index (χ3n) is 2.69. The van der Waals surface area contributed by atoms with Gasteiger partial charge >= 0.3 is 0 Å². The summed E-state index contributed by atoms with van der Waals surface area (Å²) in [7, 11) is 0. The van der Waals surface area contributed by atoms with Gasteiger partial charge in [0.15, 0.2) is 0 Å². The Morgan fingerprint density at radius 3 is 2.70 bits per heavy atom. The lowest BCUT2D eigenvalue weighted by molar-refractivity contribution is 0.295. The van der Waals surface area contributed by atoms with Crippen molar-refractivity contribution in [1.29, 1.82) is 0 Å². The zero-order valence-corrected chi connectivity index (χ0v) is 11.7. The van der Waals surface area contributed by atoms with Crippen molar-refractivity contribution >= 4 is 17.2 Å². The number of aromatic nitrogens is 2.